The Morgan fingerprint density at radius 1 is 1.09 bits per heavy atom. The Balaban J connectivity index is 1.74. The summed E-state index contributed by atoms with van der Waals surface area (Å²) in [4.78, 5) is 12.3. The molecular weight excluding hydrogens is 294 g/mol. The van der Waals surface area contributed by atoms with Gasteiger partial charge in [-0.15, -0.1) is 5.10 Å². The van der Waals surface area contributed by atoms with E-state index in [9.17, 15) is 0 Å². The molecule has 0 spiro atoms. The molecule has 0 amide bonds. The van der Waals surface area contributed by atoms with E-state index in [1.165, 1.54) is 6.33 Å². The topological polar surface area (TPSA) is 95.4 Å². The van der Waals surface area contributed by atoms with Crippen LogP contribution >= 0.6 is 0 Å². The molecule has 8 heteroatoms. The van der Waals surface area contributed by atoms with Crippen LogP contribution in [0.2, 0.25) is 0 Å². The van der Waals surface area contributed by atoms with Crippen molar-refractivity contribution in [3.8, 4) is 22.8 Å². The van der Waals surface area contributed by atoms with Gasteiger partial charge in [0.25, 0.3) is 5.89 Å². The maximum atomic E-state index is 5.34. The van der Waals surface area contributed by atoms with E-state index < -0.39 is 0 Å². The van der Waals surface area contributed by atoms with Gasteiger partial charge < -0.3 is 4.52 Å². The lowest BCUT2D eigenvalue weighted by Gasteiger charge is -2.04. The first-order valence-electron chi connectivity index (χ1n) is 7.17. The Bertz CT molecular complexity index is 958. The van der Waals surface area contributed by atoms with Crippen LogP contribution in [0.1, 0.15) is 19.9 Å². The molecule has 0 fully saturated rings. The summed E-state index contributed by atoms with van der Waals surface area (Å²) in [5, 5.41) is 12.3. The van der Waals surface area contributed by atoms with Crippen molar-refractivity contribution in [2.45, 2.75) is 19.9 Å². The smallest absolute Gasteiger partial charge is 0.258 e. The molecule has 0 bridgehead atoms. The van der Waals surface area contributed by atoms with Crippen LogP contribution in [-0.4, -0.2) is 35.1 Å². The number of fused-ring (bicyclic) bond motifs is 1. The zero-order valence-electron chi connectivity index (χ0n) is 12.6. The molecule has 3 heterocycles. The summed E-state index contributed by atoms with van der Waals surface area (Å²) in [6, 6.07) is 6.02. The highest BCUT2D eigenvalue weighted by atomic mass is 16.5. The maximum absolute atomic E-state index is 5.34. The summed E-state index contributed by atoms with van der Waals surface area (Å²) in [5.74, 6) is 0.872. The van der Waals surface area contributed by atoms with Gasteiger partial charge in [-0.2, -0.15) is 4.98 Å². The molecule has 4 rings (SSSR count). The number of rotatable bonds is 3. The fourth-order valence-corrected chi connectivity index (χ4v) is 2.33. The summed E-state index contributed by atoms with van der Waals surface area (Å²) < 4.78 is 7.21. The second-order valence-corrected chi connectivity index (χ2v) is 5.38. The Hall–Kier alpha value is -3.16. The first-order valence-corrected chi connectivity index (χ1v) is 7.17. The molecule has 0 unspecified atom stereocenters. The fraction of sp³-hybridized carbons (Fsp3) is 0.200. The molecule has 0 aliphatic heterocycles. The third kappa shape index (κ3) is 2.33. The minimum atomic E-state index is 0.249. The van der Waals surface area contributed by atoms with Gasteiger partial charge in [0.2, 0.25) is 5.82 Å². The Kier molecular flexibility index (Phi) is 3.07. The monoisotopic (exact) mass is 307 g/mol. The van der Waals surface area contributed by atoms with Crippen molar-refractivity contribution in [1.82, 2.24) is 35.1 Å². The lowest BCUT2D eigenvalue weighted by molar-refractivity contribution is 0.432. The molecule has 0 aliphatic carbocycles. The molecule has 0 N–H and O–H groups in total. The summed E-state index contributed by atoms with van der Waals surface area (Å²) in [6.07, 6.45) is 4.73. The highest BCUT2D eigenvalue weighted by Crippen LogP contribution is 2.25. The van der Waals surface area contributed by atoms with E-state index in [1.807, 2.05) is 22.9 Å². The van der Waals surface area contributed by atoms with Crippen LogP contribution in [0.5, 0.6) is 0 Å². The van der Waals surface area contributed by atoms with E-state index in [4.69, 9.17) is 4.52 Å². The Morgan fingerprint density at radius 2 is 1.91 bits per heavy atom. The molecule has 0 atom stereocenters. The van der Waals surface area contributed by atoms with Crippen LogP contribution in [0.25, 0.3) is 33.9 Å². The van der Waals surface area contributed by atoms with E-state index in [0.29, 0.717) is 17.3 Å². The summed E-state index contributed by atoms with van der Waals surface area (Å²) in [7, 11) is 0. The van der Waals surface area contributed by atoms with Crippen molar-refractivity contribution >= 4 is 11.0 Å². The highest BCUT2D eigenvalue weighted by Gasteiger charge is 2.14. The predicted molar refractivity (Wildman–Crippen MR) is 82.2 cm³/mol. The van der Waals surface area contributed by atoms with Gasteiger partial charge in [-0.05, 0) is 32.0 Å². The number of benzene rings is 1. The van der Waals surface area contributed by atoms with Gasteiger partial charge in [-0.1, -0.05) is 10.4 Å². The van der Waals surface area contributed by atoms with E-state index >= 15 is 0 Å². The SMILES string of the molecule is CC(C)n1nnc2cc(-c3nc(-c4cncnc4)no3)ccc21. The number of hydrogen-bond donors (Lipinski definition) is 0. The van der Waals surface area contributed by atoms with Gasteiger partial charge in [0.05, 0.1) is 11.1 Å². The Morgan fingerprint density at radius 3 is 2.70 bits per heavy atom. The van der Waals surface area contributed by atoms with E-state index in [1.54, 1.807) is 12.4 Å². The van der Waals surface area contributed by atoms with Crippen molar-refractivity contribution < 1.29 is 4.52 Å². The highest BCUT2D eigenvalue weighted by molar-refractivity contribution is 5.79. The fourth-order valence-electron chi connectivity index (χ4n) is 2.33. The molecule has 0 saturated heterocycles. The Labute approximate surface area is 131 Å². The molecule has 0 radical (unpaired) electrons. The molecule has 114 valence electrons. The molecule has 0 saturated carbocycles. The van der Waals surface area contributed by atoms with Crippen LogP contribution in [-0.2, 0) is 0 Å². The quantitative estimate of drug-likeness (QED) is 0.573. The molecule has 1 aromatic carbocycles. The molecule has 8 nitrogen and oxygen atoms in total. The summed E-state index contributed by atoms with van der Waals surface area (Å²) in [6.45, 7) is 4.13. The third-order valence-corrected chi connectivity index (χ3v) is 3.45. The average molecular weight is 307 g/mol. The van der Waals surface area contributed by atoms with Crippen LogP contribution in [0.3, 0.4) is 0 Å². The number of aromatic nitrogens is 7. The second-order valence-electron chi connectivity index (χ2n) is 5.38. The normalized spacial score (nSPS) is 11.4. The molecular formula is C15H13N7O. The maximum Gasteiger partial charge on any atom is 0.258 e. The van der Waals surface area contributed by atoms with Crippen molar-refractivity contribution in [2.24, 2.45) is 0 Å². The van der Waals surface area contributed by atoms with Gasteiger partial charge in [-0.25, -0.2) is 14.6 Å². The zero-order valence-corrected chi connectivity index (χ0v) is 12.6. The standard InChI is InChI=1S/C15H13N7O/c1-9(2)22-13-4-3-10(5-12(13)19-21-22)15-18-14(20-23-15)11-6-16-8-17-7-11/h3-9H,1-2H3. The summed E-state index contributed by atoms with van der Waals surface area (Å²) >= 11 is 0. The van der Waals surface area contributed by atoms with Gasteiger partial charge in [0.1, 0.15) is 11.8 Å². The van der Waals surface area contributed by atoms with Gasteiger partial charge >= 0.3 is 0 Å². The van der Waals surface area contributed by atoms with Crippen molar-refractivity contribution in [1.29, 1.82) is 0 Å². The third-order valence-electron chi connectivity index (χ3n) is 3.45. The zero-order chi connectivity index (χ0) is 15.8. The molecule has 0 aliphatic rings. The van der Waals surface area contributed by atoms with Gasteiger partial charge in [-0.3, -0.25) is 0 Å². The van der Waals surface area contributed by atoms with Crippen LogP contribution in [0.4, 0.5) is 0 Å². The lowest BCUT2D eigenvalue weighted by atomic mass is 10.2. The van der Waals surface area contributed by atoms with E-state index in [0.717, 1.165) is 16.6 Å². The van der Waals surface area contributed by atoms with Crippen LogP contribution in [0.15, 0.2) is 41.4 Å². The molecule has 23 heavy (non-hydrogen) atoms. The van der Waals surface area contributed by atoms with Crippen molar-refractivity contribution in [2.75, 3.05) is 0 Å². The molecule has 4 aromatic rings. The first kappa shape index (κ1) is 13.5. The van der Waals surface area contributed by atoms with Crippen LogP contribution < -0.4 is 0 Å². The van der Waals surface area contributed by atoms with Crippen molar-refractivity contribution in [3.63, 3.8) is 0 Å². The van der Waals surface area contributed by atoms with Gasteiger partial charge in [0.15, 0.2) is 0 Å². The lowest BCUT2D eigenvalue weighted by Crippen LogP contribution is -2.02. The minimum absolute atomic E-state index is 0.249. The van der Waals surface area contributed by atoms with Gasteiger partial charge in [0, 0.05) is 24.0 Å². The molecule has 3 aromatic heterocycles. The second kappa shape index (κ2) is 5.24. The number of nitrogens with zero attached hydrogens (tertiary/aromatic N) is 7. The minimum Gasteiger partial charge on any atom is -0.334 e. The van der Waals surface area contributed by atoms with Crippen molar-refractivity contribution in [3.05, 3.63) is 36.9 Å². The number of hydrogen-bond acceptors (Lipinski definition) is 7. The predicted octanol–water partition coefficient (Wildman–Crippen LogP) is 2.52. The summed E-state index contributed by atoms with van der Waals surface area (Å²) in [5.41, 5.74) is 3.26. The first-order chi connectivity index (χ1) is 11.2. The average Bonchev–Trinajstić information content (AvgIpc) is 3.22. The van der Waals surface area contributed by atoms with E-state index in [2.05, 4.69) is 44.3 Å². The van der Waals surface area contributed by atoms with Crippen LogP contribution in [0, 0.1) is 0 Å². The largest absolute Gasteiger partial charge is 0.334 e. The van der Waals surface area contributed by atoms with E-state index in [-0.39, 0.29) is 6.04 Å².